The molecule has 3 rings (SSSR count). The molecule has 1 aromatic heterocycles. The monoisotopic (exact) mass is 269 g/mol. The van der Waals surface area contributed by atoms with E-state index in [0.29, 0.717) is 33.2 Å². The molecule has 5 nitrogen and oxygen atoms in total. The van der Waals surface area contributed by atoms with Crippen molar-refractivity contribution in [1.82, 2.24) is 20.2 Å². The molecule has 0 unspecified atom stereocenters. The fourth-order valence-corrected chi connectivity index (χ4v) is 2.13. The summed E-state index contributed by atoms with van der Waals surface area (Å²) in [5.41, 5.74) is 6.97. The van der Waals surface area contributed by atoms with E-state index in [9.17, 15) is 0 Å². The summed E-state index contributed by atoms with van der Waals surface area (Å²) in [7, 11) is 0. The summed E-state index contributed by atoms with van der Waals surface area (Å²) in [5.74, 6) is 0.617. The Morgan fingerprint density at radius 2 is 2.06 bits per heavy atom. The maximum Gasteiger partial charge on any atom is 0.183 e. The van der Waals surface area contributed by atoms with Crippen molar-refractivity contribution in [2.75, 3.05) is 5.73 Å². The molecule has 1 aromatic carbocycles. The molecular weight excluding hydrogens is 261 g/mol. The minimum Gasteiger partial charge on any atom is -0.399 e. The van der Waals surface area contributed by atoms with Gasteiger partial charge in [0, 0.05) is 11.3 Å². The molecule has 1 aliphatic rings. The van der Waals surface area contributed by atoms with Crippen molar-refractivity contribution >= 4 is 28.9 Å². The van der Waals surface area contributed by atoms with Crippen molar-refractivity contribution in [2.24, 2.45) is 0 Å². The average Bonchev–Trinajstić information content (AvgIpc) is 3.02. The van der Waals surface area contributed by atoms with Crippen LogP contribution >= 0.6 is 23.2 Å². The first-order valence-electron chi connectivity index (χ1n) is 5.19. The van der Waals surface area contributed by atoms with Crippen LogP contribution in [0.4, 0.5) is 5.69 Å². The molecule has 88 valence electrons. The largest absolute Gasteiger partial charge is 0.399 e. The van der Waals surface area contributed by atoms with Gasteiger partial charge in [0.15, 0.2) is 5.82 Å². The van der Waals surface area contributed by atoms with E-state index in [2.05, 4.69) is 15.5 Å². The molecule has 0 atom stereocenters. The van der Waals surface area contributed by atoms with Crippen molar-refractivity contribution in [1.29, 1.82) is 0 Å². The van der Waals surface area contributed by atoms with Gasteiger partial charge in [-0.05, 0) is 35.4 Å². The van der Waals surface area contributed by atoms with Crippen LogP contribution in [-0.2, 0) is 0 Å². The van der Waals surface area contributed by atoms with Crippen LogP contribution < -0.4 is 5.73 Å². The zero-order valence-corrected chi connectivity index (χ0v) is 10.3. The lowest BCUT2D eigenvalue weighted by molar-refractivity contribution is 0.615. The topological polar surface area (TPSA) is 69.6 Å². The van der Waals surface area contributed by atoms with Gasteiger partial charge in [-0.3, -0.25) is 0 Å². The van der Waals surface area contributed by atoms with E-state index >= 15 is 0 Å². The smallest absolute Gasteiger partial charge is 0.183 e. The van der Waals surface area contributed by atoms with Crippen molar-refractivity contribution in [3.8, 4) is 11.4 Å². The predicted molar refractivity (Wildman–Crippen MR) is 66.0 cm³/mol. The van der Waals surface area contributed by atoms with Crippen molar-refractivity contribution in [2.45, 2.75) is 18.9 Å². The number of nitrogens with two attached hydrogens (primary N) is 1. The molecule has 1 aliphatic carbocycles. The van der Waals surface area contributed by atoms with Gasteiger partial charge in [0.25, 0.3) is 0 Å². The Morgan fingerprint density at radius 3 is 2.76 bits per heavy atom. The van der Waals surface area contributed by atoms with Gasteiger partial charge in [-0.1, -0.05) is 23.2 Å². The number of anilines is 1. The van der Waals surface area contributed by atoms with E-state index < -0.39 is 0 Å². The third-order valence-electron chi connectivity index (χ3n) is 2.68. The number of nitrogen functional groups attached to an aromatic ring is 1. The third-order valence-corrected chi connectivity index (χ3v) is 3.48. The van der Waals surface area contributed by atoms with Crippen LogP contribution in [0.25, 0.3) is 11.4 Å². The molecule has 0 spiro atoms. The molecule has 7 heteroatoms. The van der Waals surface area contributed by atoms with Crippen molar-refractivity contribution in [3.63, 3.8) is 0 Å². The van der Waals surface area contributed by atoms with Crippen LogP contribution in [0.2, 0.25) is 10.0 Å². The quantitative estimate of drug-likeness (QED) is 0.851. The zero-order chi connectivity index (χ0) is 12.0. The van der Waals surface area contributed by atoms with E-state index in [1.165, 1.54) is 0 Å². The minimum absolute atomic E-state index is 0.372. The lowest BCUT2D eigenvalue weighted by Gasteiger charge is -2.07. The number of aromatic nitrogens is 4. The average molecular weight is 270 g/mol. The molecule has 2 aromatic rings. The molecule has 17 heavy (non-hydrogen) atoms. The first-order chi connectivity index (χ1) is 8.16. The van der Waals surface area contributed by atoms with E-state index in [-0.39, 0.29) is 0 Å². The Labute approximate surface area is 108 Å². The molecule has 1 saturated carbocycles. The van der Waals surface area contributed by atoms with Crippen molar-refractivity contribution in [3.05, 3.63) is 22.2 Å². The Morgan fingerprint density at radius 1 is 1.29 bits per heavy atom. The standard InChI is InChI=1S/C10H9Cl2N5/c11-8-4-5(13)3-7(9(8)12)10-14-15-16-17(10)6-1-2-6/h3-4,6H,1-2,13H2. The Hall–Kier alpha value is -1.33. The highest BCUT2D eigenvalue weighted by Gasteiger charge is 2.29. The van der Waals surface area contributed by atoms with Gasteiger partial charge >= 0.3 is 0 Å². The van der Waals surface area contributed by atoms with E-state index in [4.69, 9.17) is 28.9 Å². The van der Waals surface area contributed by atoms with Gasteiger partial charge in [0.2, 0.25) is 0 Å². The highest BCUT2D eigenvalue weighted by molar-refractivity contribution is 6.43. The maximum atomic E-state index is 6.16. The second kappa shape index (κ2) is 3.85. The Balaban J connectivity index is 2.17. The first kappa shape index (κ1) is 10.8. The van der Waals surface area contributed by atoms with E-state index in [1.54, 1.807) is 16.8 Å². The number of nitrogens with zero attached hydrogens (tertiary/aromatic N) is 4. The number of benzene rings is 1. The van der Waals surface area contributed by atoms with Gasteiger partial charge in [0.05, 0.1) is 16.1 Å². The second-order valence-corrected chi connectivity index (χ2v) is 4.83. The molecule has 1 heterocycles. The van der Waals surface area contributed by atoms with E-state index in [1.807, 2.05) is 0 Å². The Bertz CT molecular complexity index is 576. The van der Waals surface area contributed by atoms with Crippen LogP contribution in [0.15, 0.2) is 12.1 Å². The number of halogens is 2. The fourth-order valence-electron chi connectivity index (χ4n) is 1.71. The number of hydrogen-bond donors (Lipinski definition) is 1. The van der Waals surface area contributed by atoms with Crippen LogP contribution in [0.1, 0.15) is 18.9 Å². The first-order valence-corrected chi connectivity index (χ1v) is 5.95. The summed E-state index contributed by atoms with van der Waals surface area (Å²) in [6.07, 6.45) is 2.18. The molecule has 0 aliphatic heterocycles. The summed E-state index contributed by atoms with van der Waals surface area (Å²) >= 11 is 12.2. The molecule has 0 amide bonds. The van der Waals surface area contributed by atoms with Crippen molar-refractivity contribution < 1.29 is 0 Å². The lowest BCUT2D eigenvalue weighted by atomic mass is 10.2. The highest BCUT2D eigenvalue weighted by Crippen LogP contribution is 2.40. The van der Waals surface area contributed by atoms with Crippen LogP contribution in [0.5, 0.6) is 0 Å². The van der Waals surface area contributed by atoms with Gasteiger partial charge in [-0.15, -0.1) is 5.10 Å². The predicted octanol–water partition coefficient (Wildman–Crippen LogP) is 2.56. The minimum atomic E-state index is 0.372. The third kappa shape index (κ3) is 1.85. The van der Waals surface area contributed by atoms with E-state index in [0.717, 1.165) is 12.8 Å². The van der Waals surface area contributed by atoms with Gasteiger partial charge in [-0.25, -0.2) is 4.68 Å². The highest BCUT2D eigenvalue weighted by atomic mass is 35.5. The van der Waals surface area contributed by atoms with Gasteiger partial charge in [0.1, 0.15) is 0 Å². The zero-order valence-electron chi connectivity index (χ0n) is 8.77. The summed E-state index contributed by atoms with van der Waals surface area (Å²) in [4.78, 5) is 0. The summed E-state index contributed by atoms with van der Waals surface area (Å²) in [5, 5.41) is 12.5. The number of rotatable bonds is 2. The molecular formula is C10H9Cl2N5. The lowest BCUT2D eigenvalue weighted by Crippen LogP contribution is -2.00. The van der Waals surface area contributed by atoms with Gasteiger partial charge < -0.3 is 5.73 Å². The molecule has 0 bridgehead atoms. The van der Waals surface area contributed by atoms with Gasteiger partial charge in [-0.2, -0.15) is 0 Å². The molecule has 0 saturated heterocycles. The molecule has 0 radical (unpaired) electrons. The Kier molecular flexibility index (Phi) is 2.45. The maximum absolute atomic E-state index is 6.16. The summed E-state index contributed by atoms with van der Waals surface area (Å²) in [6, 6.07) is 3.72. The second-order valence-electron chi connectivity index (χ2n) is 4.04. The number of tetrazole rings is 1. The summed E-state index contributed by atoms with van der Waals surface area (Å²) in [6.45, 7) is 0. The SMILES string of the molecule is Nc1cc(Cl)c(Cl)c(-c2nnnn2C2CC2)c1. The van der Waals surface area contributed by atoms with Crippen LogP contribution in [-0.4, -0.2) is 20.2 Å². The number of hydrogen-bond acceptors (Lipinski definition) is 4. The fraction of sp³-hybridized carbons (Fsp3) is 0.300. The van der Waals surface area contributed by atoms with Crippen LogP contribution in [0.3, 0.4) is 0 Å². The summed E-state index contributed by atoms with van der Waals surface area (Å²) < 4.78 is 1.77. The van der Waals surface area contributed by atoms with Crippen LogP contribution in [0, 0.1) is 0 Å². The normalized spacial score (nSPS) is 15.2. The molecule has 1 fully saturated rings. The molecule has 2 N–H and O–H groups in total.